The third-order valence-electron chi connectivity index (χ3n) is 2.43. The van der Waals surface area contributed by atoms with Crippen molar-refractivity contribution in [2.75, 3.05) is 17.2 Å². The van der Waals surface area contributed by atoms with Crippen LogP contribution in [0.3, 0.4) is 0 Å². The number of nitrogens with one attached hydrogen (secondary N) is 2. The number of para-hydroxylation sites is 1. The van der Waals surface area contributed by atoms with Crippen molar-refractivity contribution in [2.24, 2.45) is 0 Å². The van der Waals surface area contributed by atoms with E-state index in [1.54, 1.807) is 18.2 Å². The number of benzene rings is 1. The van der Waals surface area contributed by atoms with E-state index in [-0.39, 0.29) is 5.91 Å². The lowest BCUT2D eigenvalue weighted by atomic mass is 10.3. The van der Waals surface area contributed by atoms with Gasteiger partial charge in [-0.3, -0.25) is 4.79 Å². The maximum atomic E-state index is 11.7. The molecule has 0 saturated heterocycles. The van der Waals surface area contributed by atoms with Gasteiger partial charge in [-0.05, 0) is 19.1 Å². The fourth-order valence-corrected chi connectivity index (χ4v) is 1.71. The lowest BCUT2D eigenvalue weighted by molar-refractivity contribution is -0.115. The second kappa shape index (κ2) is 6.24. The standard InChI is InChI=1S/C13H14ClN3O2/c1-9-8-12(17-19-9)15-7-6-13(18)16-11-5-3-2-4-10(11)14/h2-5,8H,6-7H2,1H3,(H,15,17)(H,16,18). The lowest BCUT2D eigenvalue weighted by Gasteiger charge is -2.07. The van der Waals surface area contributed by atoms with Crippen molar-refractivity contribution >= 4 is 29.0 Å². The van der Waals surface area contributed by atoms with E-state index in [1.165, 1.54) is 0 Å². The Hall–Kier alpha value is -2.01. The number of hydrogen-bond acceptors (Lipinski definition) is 4. The molecular weight excluding hydrogens is 266 g/mol. The Morgan fingerprint density at radius 2 is 2.21 bits per heavy atom. The predicted molar refractivity (Wildman–Crippen MR) is 74.4 cm³/mol. The van der Waals surface area contributed by atoms with Crippen LogP contribution in [-0.2, 0) is 4.79 Å². The average Bonchev–Trinajstić information content (AvgIpc) is 2.78. The van der Waals surface area contributed by atoms with Gasteiger partial charge >= 0.3 is 0 Å². The van der Waals surface area contributed by atoms with Crippen LogP contribution < -0.4 is 10.6 Å². The van der Waals surface area contributed by atoms with Crippen LogP contribution in [0, 0.1) is 6.92 Å². The molecule has 1 amide bonds. The molecule has 100 valence electrons. The maximum Gasteiger partial charge on any atom is 0.226 e. The van der Waals surface area contributed by atoms with E-state index in [9.17, 15) is 4.79 Å². The number of amides is 1. The first-order valence-electron chi connectivity index (χ1n) is 5.87. The zero-order valence-electron chi connectivity index (χ0n) is 10.4. The highest BCUT2D eigenvalue weighted by Gasteiger charge is 2.05. The number of carbonyl (C=O) groups is 1. The van der Waals surface area contributed by atoms with Crippen LogP contribution in [0.5, 0.6) is 0 Å². The number of hydrogen-bond donors (Lipinski definition) is 2. The molecule has 2 N–H and O–H groups in total. The van der Waals surface area contributed by atoms with Crippen molar-refractivity contribution in [3.63, 3.8) is 0 Å². The smallest absolute Gasteiger partial charge is 0.226 e. The van der Waals surface area contributed by atoms with Crippen molar-refractivity contribution in [1.29, 1.82) is 0 Å². The molecule has 6 heteroatoms. The maximum absolute atomic E-state index is 11.7. The molecule has 2 rings (SSSR count). The van der Waals surface area contributed by atoms with Crippen LogP contribution in [0.4, 0.5) is 11.5 Å². The van der Waals surface area contributed by atoms with Crippen molar-refractivity contribution in [3.8, 4) is 0 Å². The first kappa shape index (κ1) is 13.4. The van der Waals surface area contributed by atoms with Gasteiger partial charge in [-0.15, -0.1) is 0 Å². The quantitative estimate of drug-likeness (QED) is 0.883. The van der Waals surface area contributed by atoms with E-state index in [1.807, 2.05) is 19.1 Å². The number of carbonyl (C=O) groups excluding carboxylic acids is 1. The first-order valence-corrected chi connectivity index (χ1v) is 6.24. The molecule has 0 atom stereocenters. The first-order chi connectivity index (χ1) is 9.15. The zero-order chi connectivity index (χ0) is 13.7. The molecule has 0 saturated carbocycles. The van der Waals surface area contributed by atoms with Crippen LogP contribution in [0.15, 0.2) is 34.9 Å². The van der Waals surface area contributed by atoms with E-state index in [2.05, 4.69) is 15.8 Å². The van der Waals surface area contributed by atoms with E-state index < -0.39 is 0 Å². The molecule has 0 radical (unpaired) electrons. The number of anilines is 2. The van der Waals surface area contributed by atoms with E-state index in [4.69, 9.17) is 16.1 Å². The Morgan fingerprint density at radius 3 is 2.89 bits per heavy atom. The molecule has 0 spiro atoms. The number of aromatic nitrogens is 1. The van der Waals surface area contributed by atoms with Gasteiger partial charge in [0, 0.05) is 19.0 Å². The minimum absolute atomic E-state index is 0.110. The Bertz CT molecular complexity index is 569. The summed E-state index contributed by atoms with van der Waals surface area (Å²) in [6, 6.07) is 8.89. The molecule has 5 nitrogen and oxygen atoms in total. The second-order valence-corrected chi connectivity index (χ2v) is 4.43. The zero-order valence-corrected chi connectivity index (χ0v) is 11.2. The van der Waals surface area contributed by atoms with Gasteiger partial charge in [-0.25, -0.2) is 0 Å². The van der Waals surface area contributed by atoms with Gasteiger partial charge in [0.15, 0.2) is 5.82 Å². The average molecular weight is 280 g/mol. The van der Waals surface area contributed by atoms with Crippen LogP contribution in [-0.4, -0.2) is 17.6 Å². The molecule has 2 aromatic rings. The molecule has 0 unspecified atom stereocenters. The number of aryl methyl sites for hydroxylation is 1. The largest absolute Gasteiger partial charge is 0.367 e. The van der Waals surface area contributed by atoms with Gasteiger partial charge in [0.25, 0.3) is 0 Å². The van der Waals surface area contributed by atoms with E-state index in [0.717, 1.165) is 5.76 Å². The van der Waals surface area contributed by atoms with Gasteiger partial charge in [-0.1, -0.05) is 28.9 Å². The highest BCUT2D eigenvalue weighted by atomic mass is 35.5. The summed E-state index contributed by atoms with van der Waals surface area (Å²) in [6.07, 6.45) is 0.317. The Balaban J connectivity index is 1.77. The monoisotopic (exact) mass is 279 g/mol. The van der Waals surface area contributed by atoms with Gasteiger partial charge < -0.3 is 15.2 Å². The summed E-state index contributed by atoms with van der Waals surface area (Å²) in [5.74, 6) is 1.24. The lowest BCUT2D eigenvalue weighted by Crippen LogP contribution is -2.16. The summed E-state index contributed by atoms with van der Waals surface area (Å²) in [4.78, 5) is 11.7. The minimum atomic E-state index is -0.110. The molecule has 0 aliphatic rings. The molecule has 0 aliphatic heterocycles. The van der Waals surface area contributed by atoms with Crippen molar-refractivity contribution < 1.29 is 9.32 Å². The predicted octanol–water partition coefficient (Wildman–Crippen LogP) is 3.08. The Morgan fingerprint density at radius 1 is 1.42 bits per heavy atom. The Labute approximate surface area is 115 Å². The molecule has 1 heterocycles. The highest BCUT2D eigenvalue weighted by molar-refractivity contribution is 6.33. The molecular formula is C13H14ClN3O2. The van der Waals surface area contributed by atoms with E-state index >= 15 is 0 Å². The summed E-state index contributed by atoms with van der Waals surface area (Å²) in [7, 11) is 0. The SMILES string of the molecule is Cc1cc(NCCC(=O)Nc2ccccc2Cl)no1. The normalized spacial score (nSPS) is 10.2. The van der Waals surface area contributed by atoms with Crippen LogP contribution in [0.25, 0.3) is 0 Å². The summed E-state index contributed by atoms with van der Waals surface area (Å²) in [5.41, 5.74) is 0.617. The summed E-state index contributed by atoms with van der Waals surface area (Å²) in [6.45, 7) is 2.28. The molecule has 0 aliphatic carbocycles. The topological polar surface area (TPSA) is 67.2 Å². The van der Waals surface area contributed by atoms with Crippen LogP contribution in [0.2, 0.25) is 5.02 Å². The van der Waals surface area contributed by atoms with Crippen LogP contribution >= 0.6 is 11.6 Å². The second-order valence-electron chi connectivity index (χ2n) is 4.03. The summed E-state index contributed by atoms with van der Waals surface area (Å²) >= 11 is 5.95. The highest BCUT2D eigenvalue weighted by Crippen LogP contribution is 2.20. The van der Waals surface area contributed by atoms with Crippen molar-refractivity contribution in [2.45, 2.75) is 13.3 Å². The van der Waals surface area contributed by atoms with Gasteiger partial charge in [0.1, 0.15) is 5.76 Å². The summed E-state index contributed by atoms with van der Waals surface area (Å²) < 4.78 is 4.90. The van der Waals surface area contributed by atoms with Gasteiger partial charge in [-0.2, -0.15) is 0 Å². The molecule has 0 bridgehead atoms. The molecule has 1 aromatic heterocycles. The Kier molecular flexibility index (Phi) is 4.41. The molecule has 1 aromatic carbocycles. The van der Waals surface area contributed by atoms with Crippen molar-refractivity contribution in [1.82, 2.24) is 5.16 Å². The van der Waals surface area contributed by atoms with E-state index in [0.29, 0.717) is 29.5 Å². The fraction of sp³-hybridized carbons (Fsp3) is 0.231. The minimum Gasteiger partial charge on any atom is -0.367 e. The van der Waals surface area contributed by atoms with Crippen LogP contribution in [0.1, 0.15) is 12.2 Å². The summed E-state index contributed by atoms with van der Waals surface area (Å²) in [5, 5.41) is 10.0. The number of nitrogens with zero attached hydrogens (tertiary/aromatic N) is 1. The molecule has 19 heavy (non-hydrogen) atoms. The van der Waals surface area contributed by atoms with Gasteiger partial charge in [0.05, 0.1) is 10.7 Å². The van der Waals surface area contributed by atoms with Gasteiger partial charge in [0.2, 0.25) is 5.91 Å². The fourth-order valence-electron chi connectivity index (χ4n) is 1.53. The number of rotatable bonds is 5. The third kappa shape index (κ3) is 3.99. The molecule has 0 fully saturated rings. The van der Waals surface area contributed by atoms with Crippen molar-refractivity contribution in [3.05, 3.63) is 41.1 Å². The number of halogens is 1. The third-order valence-corrected chi connectivity index (χ3v) is 2.76.